The smallest absolute Gasteiger partial charge is 0.145 e. The van der Waals surface area contributed by atoms with E-state index in [1.165, 1.54) is 0 Å². The van der Waals surface area contributed by atoms with Crippen LogP contribution in [-0.2, 0) is 0 Å². The summed E-state index contributed by atoms with van der Waals surface area (Å²) in [6.07, 6.45) is 0. The van der Waals surface area contributed by atoms with Crippen molar-refractivity contribution in [1.82, 2.24) is 9.13 Å². The Balaban J connectivity index is 1.15. The van der Waals surface area contributed by atoms with Gasteiger partial charge in [-0.05, 0) is 83.9 Å². The number of fused-ring (bicyclic) bond motifs is 14. The Kier molecular flexibility index (Phi) is 7.05. The number of nitrogens with zero attached hydrogens (tertiary/aromatic N) is 4. The molecule has 0 saturated carbocycles. The van der Waals surface area contributed by atoms with E-state index in [2.05, 4.69) is 130 Å². The Morgan fingerprint density at radius 1 is 0.387 bits per heavy atom. The molecule has 0 bridgehead atoms. The molecule has 0 spiro atoms. The molecule has 6 heteroatoms. The van der Waals surface area contributed by atoms with Gasteiger partial charge in [-0.2, -0.15) is 10.5 Å². The predicted molar refractivity (Wildman–Crippen MR) is 250 cm³/mol. The highest BCUT2D eigenvalue weighted by Crippen LogP contribution is 2.45. The first-order valence-electron chi connectivity index (χ1n) is 20.5. The summed E-state index contributed by atoms with van der Waals surface area (Å²) in [6.45, 7) is 0. The molecule has 62 heavy (non-hydrogen) atoms. The molecule has 13 aromatic rings. The molecule has 0 amide bonds. The van der Waals surface area contributed by atoms with Gasteiger partial charge in [0, 0.05) is 49.1 Å². The van der Waals surface area contributed by atoms with Crippen molar-refractivity contribution in [3.05, 3.63) is 193 Å². The van der Waals surface area contributed by atoms with Gasteiger partial charge >= 0.3 is 0 Å². The van der Waals surface area contributed by atoms with E-state index in [0.29, 0.717) is 16.7 Å². The maximum Gasteiger partial charge on any atom is 0.145 e. The maximum atomic E-state index is 10.7. The van der Waals surface area contributed by atoms with Gasteiger partial charge in [0.25, 0.3) is 0 Å². The molecule has 0 aliphatic heterocycles. The summed E-state index contributed by atoms with van der Waals surface area (Å²) in [6, 6.07) is 67.0. The third kappa shape index (κ3) is 4.66. The van der Waals surface area contributed by atoms with Gasteiger partial charge < -0.3 is 18.0 Å². The monoisotopic (exact) mass is 790 g/mol. The Morgan fingerprint density at radius 3 is 1.47 bits per heavy atom. The van der Waals surface area contributed by atoms with Crippen LogP contribution < -0.4 is 0 Å². The summed E-state index contributed by atoms with van der Waals surface area (Å²) < 4.78 is 18.0. The predicted octanol–water partition coefficient (Wildman–Crippen LogP) is 14.8. The van der Waals surface area contributed by atoms with Crippen LogP contribution in [0.25, 0.3) is 121 Å². The summed E-state index contributed by atoms with van der Waals surface area (Å²) in [5.41, 5.74) is 13.2. The second kappa shape index (κ2) is 12.8. The lowest BCUT2D eigenvalue weighted by molar-refractivity contribution is 0.672. The number of hydrogen-bond donors (Lipinski definition) is 0. The zero-order valence-electron chi connectivity index (χ0n) is 32.9. The summed E-state index contributed by atoms with van der Waals surface area (Å²) in [5.74, 6) is 0. The van der Waals surface area contributed by atoms with E-state index in [1.807, 2.05) is 72.8 Å². The van der Waals surface area contributed by atoms with E-state index in [9.17, 15) is 10.5 Å². The van der Waals surface area contributed by atoms with Crippen molar-refractivity contribution in [2.24, 2.45) is 0 Å². The lowest BCUT2D eigenvalue weighted by Crippen LogP contribution is -2.02. The minimum absolute atomic E-state index is 0.434. The number of para-hydroxylation sites is 4. The van der Waals surface area contributed by atoms with Crippen molar-refractivity contribution in [3.8, 4) is 45.8 Å². The lowest BCUT2D eigenvalue weighted by atomic mass is 9.90. The highest BCUT2D eigenvalue weighted by atomic mass is 16.3. The van der Waals surface area contributed by atoms with Gasteiger partial charge in [-0.25, -0.2) is 0 Å². The van der Waals surface area contributed by atoms with Crippen LogP contribution in [-0.4, -0.2) is 9.13 Å². The van der Waals surface area contributed by atoms with Gasteiger partial charge in [0.15, 0.2) is 0 Å². The van der Waals surface area contributed by atoms with E-state index in [-0.39, 0.29) is 0 Å². The van der Waals surface area contributed by atoms with Crippen molar-refractivity contribution in [2.75, 3.05) is 0 Å². The van der Waals surface area contributed by atoms with Crippen molar-refractivity contribution in [1.29, 1.82) is 10.5 Å². The van der Waals surface area contributed by atoms with Gasteiger partial charge in [-0.3, -0.25) is 0 Å². The molecule has 0 aliphatic carbocycles. The third-order valence-corrected chi connectivity index (χ3v) is 12.6. The molecular weight excluding hydrogens is 761 g/mol. The minimum Gasteiger partial charge on any atom is -0.455 e. The quantitative estimate of drug-likeness (QED) is 0.178. The minimum atomic E-state index is 0.434. The molecule has 0 radical (unpaired) electrons. The van der Waals surface area contributed by atoms with Crippen LogP contribution in [0.3, 0.4) is 0 Å². The van der Waals surface area contributed by atoms with Crippen LogP contribution in [0.2, 0.25) is 0 Å². The van der Waals surface area contributed by atoms with Crippen molar-refractivity contribution in [2.45, 2.75) is 0 Å². The van der Waals surface area contributed by atoms with Gasteiger partial charge in [-0.1, -0.05) is 109 Å². The lowest BCUT2D eigenvalue weighted by Gasteiger charge is -2.18. The molecule has 0 atom stereocenters. The second-order valence-electron chi connectivity index (χ2n) is 15.8. The normalized spacial score (nSPS) is 11.8. The van der Waals surface area contributed by atoms with E-state index in [0.717, 1.165) is 116 Å². The molecule has 4 heterocycles. The van der Waals surface area contributed by atoms with Gasteiger partial charge in [0.2, 0.25) is 0 Å². The van der Waals surface area contributed by atoms with Crippen LogP contribution in [0.1, 0.15) is 11.1 Å². The number of aromatic nitrogens is 2. The number of nitriles is 2. The number of furan rings is 2. The maximum absolute atomic E-state index is 10.7. The van der Waals surface area contributed by atoms with Crippen LogP contribution in [0.15, 0.2) is 191 Å². The second-order valence-corrected chi connectivity index (χ2v) is 15.8. The van der Waals surface area contributed by atoms with Crippen LogP contribution in [0.5, 0.6) is 0 Å². The average molecular weight is 791 g/mol. The molecule has 6 nitrogen and oxygen atoms in total. The fourth-order valence-electron chi connectivity index (χ4n) is 9.99. The zero-order chi connectivity index (χ0) is 41.1. The molecular formula is C56H30N4O2. The Labute approximate surface area is 353 Å². The van der Waals surface area contributed by atoms with E-state index >= 15 is 0 Å². The van der Waals surface area contributed by atoms with E-state index in [4.69, 9.17) is 8.83 Å². The van der Waals surface area contributed by atoms with Crippen molar-refractivity contribution >= 4 is 87.5 Å². The van der Waals surface area contributed by atoms with Gasteiger partial charge in [0.05, 0.1) is 61.8 Å². The molecule has 13 rings (SSSR count). The molecule has 0 unspecified atom stereocenters. The van der Waals surface area contributed by atoms with Crippen molar-refractivity contribution < 1.29 is 8.83 Å². The standard InChI is InChI=1S/C56H30N4O2/c57-31-35-28-34(29-36(32-58)52(35)33-12-2-1-3-13-33)38-23-22-37(59-45-18-8-4-16-43(45)53-47(59)26-24-41-39-14-6-10-20-50(39)61-55(41)53)30-49(38)60-46-19-9-5-17-44(46)54-48(60)27-25-42-40-15-7-11-21-51(40)62-56(42)54/h1-30H. The molecule has 286 valence electrons. The van der Waals surface area contributed by atoms with Crippen LogP contribution >= 0.6 is 0 Å². The highest BCUT2D eigenvalue weighted by Gasteiger charge is 2.24. The molecule has 9 aromatic carbocycles. The van der Waals surface area contributed by atoms with Crippen molar-refractivity contribution in [3.63, 3.8) is 0 Å². The van der Waals surface area contributed by atoms with Gasteiger partial charge in [0.1, 0.15) is 22.3 Å². The molecule has 0 fully saturated rings. The topological polar surface area (TPSA) is 83.7 Å². The third-order valence-electron chi connectivity index (χ3n) is 12.6. The molecule has 0 aliphatic rings. The first-order valence-corrected chi connectivity index (χ1v) is 20.5. The summed E-state index contributed by atoms with van der Waals surface area (Å²) >= 11 is 0. The summed E-state index contributed by atoms with van der Waals surface area (Å²) in [5, 5.41) is 29.9. The highest BCUT2D eigenvalue weighted by molar-refractivity contribution is 6.25. The first kappa shape index (κ1) is 34.1. The first-order chi connectivity index (χ1) is 30.7. The van der Waals surface area contributed by atoms with E-state index in [1.54, 1.807) is 0 Å². The number of rotatable bonds is 4. The largest absolute Gasteiger partial charge is 0.455 e. The van der Waals surface area contributed by atoms with Crippen LogP contribution in [0.4, 0.5) is 0 Å². The molecule has 4 aromatic heterocycles. The summed E-state index contributed by atoms with van der Waals surface area (Å²) in [7, 11) is 0. The number of hydrogen-bond acceptors (Lipinski definition) is 4. The fraction of sp³-hybridized carbons (Fsp3) is 0. The Morgan fingerprint density at radius 2 is 0.887 bits per heavy atom. The Bertz CT molecular complexity index is 4090. The van der Waals surface area contributed by atoms with Crippen LogP contribution in [0, 0.1) is 22.7 Å². The molecule has 0 N–H and O–H groups in total. The fourth-order valence-corrected chi connectivity index (χ4v) is 9.99. The summed E-state index contributed by atoms with van der Waals surface area (Å²) in [4.78, 5) is 0. The Hall–Kier alpha value is -8.84. The SMILES string of the molecule is N#Cc1cc(-c2ccc(-n3c4ccccc4c4c5oc6ccccc6c5ccc43)cc2-n2c3ccccc3c3c4oc5ccccc5c4ccc32)cc(C#N)c1-c1ccccc1. The van der Waals surface area contributed by atoms with E-state index < -0.39 is 0 Å². The zero-order valence-corrected chi connectivity index (χ0v) is 32.9. The van der Waals surface area contributed by atoms with Gasteiger partial charge in [-0.15, -0.1) is 0 Å². The number of benzene rings is 9. The molecule has 0 saturated heterocycles. The average Bonchev–Trinajstić information content (AvgIpc) is 4.08.